The number of carbonyl (C=O) groups excluding carboxylic acids is 2. The highest BCUT2D eigenvalue weighted by molar-refractivity contribution is 5.78. The lowest BCUT2D eigenvalue weighted by Crippen LogP contribution is -2.40. The van der Waals surface area contributed by atoms with E-state index in [1.54, 1.807) is 11.8 Å². The van der Waals surface area contributed by atoms with Gasteiger partial charge >= 0.3 is 0 Å². The minimum absolute atomic E-state index is 0.00170. The van der Waals surface area contributed by atoms with Crippen molar-refractivity contribution in [1.82, 2.24) is 15.1 Å². The maximum Gasteiger partial charge on any atom is 0.224 e. The summed E-state index contributed by atoms with van der Waals surface area (Å²) in [4.78, 5) is 27.6. The molecule has 1 unspecified atom stereocenters. The first-order chi connectivity index (χ1) is 10.6. The highest BCUT2D eigenvalue weighted by Gasteiger charge is 2.23. The smallest absolute Gasteiger partial charge is 0.224 e. The second-order valence-corrected chi connectivity index (χ2v) is 5.83. The first-order valence-electron chi connectivity index (χ1n) is 7.83. The third-order valence-electron chi connectivity index (χ3n) is 4.23. The monoisotopic (exact) mass is 303 g/mol. The molecule has 1 aliphatic heterocycles. The average molecular weight is 303 g/mol. The van der Waals surface area contributed by atoms with Crippen LogP contribution in [0.25, 0.3) is 0 Å². The molecular weight excluding hydrogens is 278 g/mol. The van der Waals surface area contributed by atoms with E-state index in [9.17, 15) is 9.59 Å². The minimum atomic E-state index is 0.00170. The van der Waals surface area contributed by atoms with Crippen LogP contribution in [0.1, 0.15) is 25.3 Å². The molecule has 2 amide bonds. The van der Waals surface area contributed by atoms with E-state index in [-0.39, 0.29) is 17.9 Å². The fourth-order valence-electron chi connectivity index (χ4n) is 2.73. The highest BCUT2D eigenvalue weighted by atomic mass is 16.2. The molecule has 1 aromatic carbocycles. The topological polar surface area (TPSA) is 52.7 Å². The number of amides is 2. The zero-order chi connectivity index (χ0) is 15.9. The van der Waals surface area contributed by atoms with Gasteiger partial charge in [-0.2, -0.15) is 0 Å². The summed E-state index contributed by atoms with van der Waals surface area (Å²) in [7, 11) is 1.86. The molecule has 1 fully saturated rings. The summed E-state index contributed by atoms with van der Waals surface area (Å²) in [5.74, 6) is 0.106. The van der Waals surface area contributed by atoms with Gasteiger partial charge in [0.15, 0.2) is 0 Å². The van der Waals surface area contributed by atoms with E-state index >= 15 is 0 Å². The van der Waals surface area contributed by atoms with Crippen molar-refractivity contribution in [2.24, 2.45) is 0 Å². The summed E-state index contributed by atoms with van der Waals surface area (Å²) in [5, 5.41) is 3.27. The number of nitrogens with zero attached hydrogens (tertiary/aromatic N) is 2. The largest absolute Gasteiger partial charge is 0.341 e. The van der Waals surface area contributed by atoms with Crippen LogP contribution >= 0.6 is 0 Å². The Hall–Kier alpha value is -1.88. The molecule has 5 heteroatoms. The van der Waals surface area contributed by atoms with Gasteiger partial charge in [0.05, 0.1) is 0 Å². The Labute approximate surface area is 132 Å². The van der Waals surface area contributed by atoms with Crippen molar-refractivity contribution in [2.75, 3.05) is 26.7 Å². The predicted molar refractivity (Wildman–Crippen MR) is 86.2 cm³/mol. The van der Waals surface area contributed by atoms with Gasteiger partial charge in [0.25, 0.3) is 0 Å². The lowest BCUT2D eigenvalue weighted by atomic mass is 10.2. The van der Waals surface area contributed by atoms with Crippen LogP contribution in [0.5, 0.6) is 0 Å². The van der Waals surface area contributed by atoms with Crippen molar-refractivity contribution in [2.45, 2.75) is 32.4 Å². The molecule has 0 bridgehead atoms. The average Bonchev–Trinajstić information content (AvgIpc) is 3.05. The molecule has 0 saturated carbocycles. The molecule has 1 N–H and O–H groups in total. The van der Waals surface area contributed by atoms with Crippen LogP contribution < -0.4 is 5.32 Å². The summed E-state index contributed by atoms with van der Waals surface area (Å²) in [5.41, 5.74) is 1.08. The molecule has 22 heavy (non-hydrogen) atoms. The van der Waals surface area contributed by atoms with Gasteiger partial charge in [0, 0.05) is 46.1 Å². The van der Waals surface area contributed by atoms with Gasteiger partial charge in [-0.25, -0.2) is 0 Å². The first-order valence-corrected chi connectivity index (χ1v) is 7.83. The van der Waals surface area contributed by atoms with Gasteiger partial charge in [-0.05, 0) is 18.5 Å². The Kier molecular flexibility index (Phi) is 5.95. The summed E-state index contributed by atoms with van der Waals surface area (Å²) >= 11 is 0. The molecule has 1 heterocycles. The van der Waals surface area contributed by atoms with Crippen LogP contribution in [0.3, 0.4) is 0 Å². The van der Waals surface area contributed by atoms with Gasteiger partial charge in [0.2, 0.25) is 11.8 Å². The summed E-state index contributed by atoms with van der Waals surface area (Å²) < 4.78 is 0. The quantitative estimate of drug-likeness (QED) is 0.860. The minimum Gasteiger partial charge on any atom is -0.341 e. The predicted octanol–water partition coefficient (Wildman–Crippen LogP) is 1.25. The van der Waals surface area contributed by atoms with E-state index in [0.717, 1.165) is 25.1 Å². The number of benzene rings is 1. The first kappa shape index (κ1) is 16.5. The summed E-state index contributed by atoms with van der Waals surface area (Å²) in [6.45, 7) is 4.41. The van der Waals surface area contributed by atoms with Crippen molar-refractivity contribution < 1.29 is 9.59 Å². The second kappa shape index (κ2) is 7.94. The highest BCUT2D eigenvalue weighted by Crippen LogP contribution is 2.10. The Balaban J connectivity index is 1.86. The number of nitrogens with one attached hydrogen (secondary N) is 1. The Bertz CT molecular complexity index is 498. The maximum atomic E-state index is 12.3. The standard InChI is InChI=1S/C17H25N3O2/c1-14(21)20(13-15-6-4-3-5-7-15)11-9-17(22)19(2)16-8-10-18-12-16/h3-7,16,18H,8-13H2,1-2H3. The Morgan fingerprint density at radius 2 is 2.00 bits per heavy atom. The molecule has 0 aliphatic carbocycles. The zero-order valence-electron chi connectivity index (χ0n) is 13.4. The fourth-order valence-corrected chi connectivity index (χ4v) is 2.73. The van der Waals surface area contributed by atoms with E-state index in [2.05, 4.69) is 5.32 Å². The SMILES string of the molecule is CC(=O)N(CCC(=O)N(C)C1CCNC1)Cc1ccccc1. The van der Waals surface area contributed by atoms with Crippen molar-refractivity contribution >= 4 is 11.8 Å². The molecule has 1 atom stereocenters. The lowest BCUT2D eigenvalue weighted by molar-refractivity contribution is -0.134. The van der Waals surface area contributed by atoms with Crippen LogP contribution in [0.2, 0.25) is 0 Å². The normalized spacial score (nSPS) is 17.3. The Morgan fingerprint density at radius 3 is 2.59 bits per heavy atom. The molecule has 0 aromatic heterocycles. The molecule has 2 rings (SSSR count). The maximum absolute atomic E-state index is 12.3. The van der Waals surface area contributed by atoms with Crippen LogP contribution in [0.15, 0.2) is 30.3 Å². The van der Waals surface area contributed by atoms with Gasteiger partial charge in [0.1, 0.15) is 0 Å². The van der Waals surface area contributed by atoms with E-state index in [1.807, 2.05) is 42.3 Å². The number of carbonyl (C=O) groups is 2. The van der Waals surface area contributed by atoms with Crippen molar-refractivity contribution in [1.29, 1.82) is 0 Å². The van der Waals surface area contributed by atoms with E-state index in [1.165, 1.54) is 0 Å². The molecule has 5 nitrogen and oxygen atoms in total. The number of hydrogen-bond donors (Lipinski definition) is 1. The van der Waals surface area contributed by atoms with E-state index in [4.69, 9.17) is 0 Å². The van der Waals surface area contributed by atoms with Crippen LogP contribution in [0, 0.1) is 0 Å². The third-order valence-corrected chi connectivity index (χ3v) is 4.23. The van der Waals surface area contributed by atoms with E-state index in [0.29, 0.717) is 19.5 Å². The third kappa shape index (κ3) is 4.56. The van der Waals surface area contributed by atoms with Gasteiger partial charge in [-0.1, -0.05) is 30.3 Å². The zero-order valence-corrected chi connectivity index (χ0v) is 13.4. The van der Waals surface area contributed by atoms with Crippen molar-refractivity contribution in [3.8, 4) is 0 Å². The molecule has 120 valence electrons. The van der Waals surface area contributed by atoms with Crippen LogP contribution in [-0.4, -0.2) is 54.3 Å². The van der Waals surface area contributed by atoms with Gasteiger partial charge < -0.3 is 15.1 Å². The molecule has 1 aromatic rings. The summed E-state index contributed by atoms with van der Waals surface area (Å²) in [6.07, 6.45) is 1.38. The second-order valence-electron chi connectivity index (χ2n) is 5.83. The molecule has 1 aliphatic rings. The Morgan fingerprint density at radius 1 is 1.27 bits per heavy atom. The number of hydrogen-bond acceptors (Lipinski definition) is 3. The lowest BCUT2D eigenvalue weighted by Gasteiger charge is -2.26. The molecule has 0 radical (unpaired) electrons. The van der Waals surface area contributed by atoms with Crippen molar-refractivity contribution in [3.05, 3.63) is 35.9 Å². The van der Waals surface area contributed by atoms with Crippen molar-refractivity contribution in [3.63, 3.8) is 0 Å². The van der Waals surface area contributed by atoms with Crippen LogP contribution in [0.4, 0.5) is 0 Å². The van der Waals surface area contributed by atoms with Crippen LogP contribution in [-0.2, 0) is 16.1 Å². The number of rotatable bonds is 6. The summed E-state index contributed by atoms with van der Waals surface area (Å²) in [6, 6.07) is 10.1. The van der Waals surface area contributed by atoms with Gasteiger partial charge in [-0.3, -0.25) is 9.59 Å². The molecule has 0 spiro atoms. The molecule has 1 saturated heterocycles. The van der Waals surface area contributed by atoms with E-state index < -0.39 is 0 Å². The van der Waals surface area contributed by atoms with Gasteiger partial charge in [-0.15, -0.1) is 0 Å². The number of likely N-dealkylation sites (N-methyl/N-ethyl adjacent to an activating group) is 1. The fraction of sp³-hybridized carbons (Fsp3) is 0.529. The molecular formula is C17H25N3O2.